The number of rotatable bonds is 4. The molecule has 0 bridgehead atoms. The van der Waals surface area contributed by atoms with Gasteiger partial charge in [0.2, 0.25) is 5.91 Å². The van der Waals surface area contributed by atoms with E-state index in [1.54, 1.807) is 24.3 Å². The lowest BCUT2D eigenvalue weighted by molar-refractivity contribution is -0.118. The molecule has 1 rings (SSSR count). The van der Waals surface area contributed by atoms with Crippen molar-refractivity contribution in [2.24, 2.45) is 0 Å². The predicted octanol–water partition coefficient (Wildman–Crippen LogP) is 1.99. The average molecular weight is 270 g/mol. The van der Waals surface area contributed by atoms with Gasteiger partial charge in [0.1, 0.15) is 0 Å². The number of carbonyl (C=O) groups excluding carboxylic acids is 2. The second kappa shape index (κ2) is 6.86. The van der Waals surface area contributed by atoms with Crippen molar-refractivity contribution in [1.82, 2.24) is 10.6 Å². The highest BCUT2D eigenvalue weighted by atomic mass is 35.5. The maximum Gasteiger partial charge on any atom is 0.321 e. The van der Waals surface area contributed by atoms with Crippen molar-refractivity contribution >= 4 is 29.2 Å². The van der Waals surface area contributed by atoms with Crippen LogP contribution in [0.3, 0.4) is 0 Å². The average Bonchev–Trinajstić information content (AvgIpc) is 2.25. The summed E-state index contributed by atoms with van der Waals surface area (Å²) in [6.45, 7) is 3.63. The summed E-state index contributed by atoms with van der Waals surface area (Å²) in [6, 6.07) is 6.48. The topological polar surface area (TPSA) is 70.2 Å². The third kappa shape index (κ3) is 5.54. The summed E-state index contributed by atoms with van der Waals surface area (Å²) in [5, 5.41) is 8.22. The Morgan fingerprint density at radius 3 is 2.67 bits per heavy atom. The number of amides is 3. The minimum atomic E-state index is -0.497. The molecule has 98 valence electrons. The van der Waals surface area contributed by atoms with E-state index in [2.05, 4.69) is 16.0 Å². The van der Waals surface area contributed by atoms with Crippen LogP contribution in [-0.2, 0) is 4.79 Å². The van der Waals surface area contributed by atoms with E-state index in [1.807, 2.05) is 13.8 Å². The highest BCUT2D eigenvalue weighted by Gasteiger charge is 2.07. The molecule has 0 spiro atoms. The molecule has 6 heteroatoms. The number of hydrogen-bond donors (Lipinski definition) is 3. The molecule has 0 saturated heterocycles. The fourth-order valence-electron chi connectivity index (χ4n) is 1.25. The molecule has 0 saturated carbocycles. The van der Waals surface area contributed by atoms with Gasteiger partial charge in [-0.05, 0) is 32.0 Å². The lowest BCUT2D eigenvalue weighted by Gasteiger charge is -2.10. The lowest BCUT2D eigenvalue weighted by atomic mass is 10.3. The quantitative estimate of drug-likeness (QED) is 0.783. The van der Waals surface area contributed by atoms with Crippen molar-refractivity contribution in [3.8, 4) is 0 Å². The monoisotopic (exact) mass is 269 g/mol. The second-order valence-electron chi connectivity index (χ2n) is 4.04. The Morgan fingerprint density at radius 2 is 2.06 bits per heavy atom. The summed E-state index contributed by atoms with van der Waals surface area (Å²) in [6.07, 6.45) is 0. The van der Waals surface area contributed by atoms with Gasteiger partial charge < -0.3 is 10.6 Å². The van der Waals surface area contributed by atoms with Crippen LogP contribution >= 0.6 is 11.6 Å². The van der Waals surface area contributed by atoms with Gasteiger partial charge in [0, 0.05) is 16.8 Å². The van der Waals surface area contributed by atoms with Crippen LogP contribution < -0.4 is 16.0 Å². The Labute approximate surface area is 111 Å². The van der Waals surface area contributed by atoms with Crippen molar-refractivity contribution in [3.63, 3.8) is 0 Å². The summed E-state index contributed by atoms with van der Waals surface area (Å²) in [7, 11) is 0. The van der Waals surface area contributed by atoms with Gasteiger partial charge in [-0.25, -0.2) is 4.79 Å². The van der Waals surface area contributed by atoms with Gasteiger partial charge in [-0.3, -0.25) is 10.1 Å². The molecule has 0 aliphatic heterocycles. The van der Waals surface area contributed by atoms with Crippen LogP contribution in [0.2, 0.25) is 5.02 Å². The molecule has 3 N–H and O–H groups in total. The number of hydrogen-bond acceptors (Lipinski definition) is 3. The SMILES string of the molecule is CC(C)NC(=O)NC(=O)CNc1cccc(Cl)c1. The first-order chi connectivity index (χ1) is 8.47. The largest absolute Gasteiger partial charge is 0.376 e. The Morgan fingerprint density at radius 1 is 1.33 bits per heavy atom. The number of benzene rings is 1. The minimum Gasteiger partial charge on any atom is -0.376 e. The minimum absolute atomic E-state index is 0.00581. The maximum absolute atomic E-state index is 11.4. The van der Waals surface area contributed by atoms with Gasteiger partial charge in [0.05, 0.1) is 6.54 Å². The van der Waals surface area contributed by atoms with Crippen LogP contribution in [0.15, 0.2) is 24.3 Å². The Balaban J connectivity index is 2.35. The van der Waals surface area contributed by atoms with Gasteiger partial charge in [0.15, 0.2) is 0 Å². The predicted molar refractivity (Wildman–Crippen MR) is 71.8 cm³/mol. The first-order valence-corrected chi connectivity index (χ1v) is 5.95. The van der Waals surface area contributed by atoms with Crippen molar-refractivity contribution in [2.45, 2.75) is 19.9 Å². The molecule has 5 nitrogen and oxygen atoms in total. The molecular weight excluding hydrogens is 254 g/mol. The normalized spacial score (nSPS) is 10.0. The van der Waals surface area contributed by atoms with Crippen LogP contribution in [0.5, 0.6) is 0 Å². The van der Waals surface area contributed by atoms with E-state index < -0.39 is 11.9 Å². The van der Waals surface area contributed by atoms with Gasteiger partial charge in [-0.1, -0.05) is 17.7 Å². The third-order valence-corrected chi connectivity index (χ3v) is 2.19. The van der Waals surface area contributed by atoms with Crippen LogP contribution in [0, 0.1) is 0 Å². The highest BCUT2D eigenvalue weighted by Crippen LogP contribution is 2.14. The highest BCUT2D eigenvalue weighted by molar-refractivity contribution is 6.30. The van der Waals surface area contributed by atoms with E-state index in [0.717, 1.165) is 5.69 Å². The third-order valence-electron chi connectivity index (χ3n) is 1.95. The number of anilines is 1. The fraction of sp³-hybridized carbons (Fsp3) is 0.333. The zero-order chi connectivity index (χ0) is 13.5. The summed E-state index contributed by atoms with van der Waals surface area (Å²) in [4.78, 5) is 22.7. The molecule has 18 heavy (non-hydrogen) atoms. The van der Waals surface area contributed by atoms with Gasteiger partial charge in [-0.2, -0.15) is 0 Å². The number of nitrogens with one attached hydrogen (secondary N) is 3. The van der Waals surface area contributed by atoms with Gasteiger partial charge in [0.25, 0.3) is 0 Å². The second-order valence-corrected chi connectivity index (χ2v) is 4.48. The van der Waals surface area contributed by atoms with Crippen LogP contribution in [-0.4, -0.2) is 24.5 Å². The molecule has 1 aromatic rings. The molecule has 0 aromatic heterocycles. The summed E-state index contributed by atoms with van der Waals surface area (Å²) in [5.41, 5.74) is 0.724. The maximum atomic E-state index is 11.4. The molecule has 3 amide bonds. The zero-order valence-corrected chi connectivity index (χ0v) is 11.0. The molecule has 0 aliphatic carbocycles. The summed E-state index contributed by atoms with van der Waals surface area (Å²) in [5.74, 6) is -0.409. The van der Waals surface area contributed by atoms with Gasteiger partial charge >= 0.3 is 6.03 Å². The van der Waals surface area contributed by atoms with Gasteiger partial charge in [-0.15, -0.1) is 0 Å². The Hall–Kier alpha value is -1.75. The smallest absolute Gasteiger partial charge is 0.321 e. The van der Waals surface area contributed by atoms with E-state index in [1.165, 1.54) is 0 Å². The summed E-state index contributed by atoms with van der Waals surface area (Å²) >= 11 is 5.80. The molecular formula is C12H16ClN3O2. The molecule has 0 unspecified atom stereocenters. The first-order valence-electron chi connectivity index (χ1n) is 5.57. The van der Waals surface area contributed by atoms with Crippen LogP contribution in [0.1, 0.15) is 13.8 Å². The number of urea groups is 1. The molecule has 0 aliphatic rings. The van der Waals surface area contributed by atoms with E-state index >= 15 is 0 Å². The Bertz CT molecular complexity index is 435. The number of carbonyl (C=O) groups is 2. The van der Waals surface area contributed by atoms with E-state index in [4.69, 9.17) is 11.6 Å². The molecule has 0 atom stereocenters. The molecule has 0 radical (unpaired) electrons. The lowest BCUT2D eigenvalue weighted by Crippen LogP contribution is -2.44. The summed E-state index contributed by atoms with van der Waals surface area (Å²) < 4.78 is 0. The van der Waals surface area contributed by atoms with E-state index in [-0.39, 0.29) is 12.6 Å². The standard InChI is InChI=1S/C12H16ClN3O2/c1-8(2)15-12(18)16-11(17)7-14-10-5-3-4-9(13)6-10/h3-6,8,14H,7H2,1-2H3,(H2,15,16,17,18). The van der Waals surface area contributed by atoms with Crippen LogP contribution in [0.25, 0.3) is 0 Å². The van der Waals surface area contributed by atoms with E-state index in [0.29, 0.717) is 5.02 Å². The number of imide groups is 1. The van der Waals surface area contributed by atoms with Crippen molar-refractivity contribution in [1.29, 1.82) is 0 Å². The zero-order valence-electron chi connectivity index (χ0n) is 10.3. The first kappa shape index (κ1) is 14.3. The van der Waals surface area contributed by atoms with Crippen molar-refractivity contribution < 1.29 is 9.59 Å². The molecule has 0 heterocycles. The molecule has 0 fully saturated rings. The van der Waals surface area contributed by atoms with E-state index in [9.17, 15) is 9.59 Å². The van der Waals surface area contributed by atoms with Crippen molar-refractivity contribution in [2.75, 3.05) is 11.9 Å². The van der Waals surface area contributed by atoms with Crippen molar-refractivity contribution in [3.05, 3.63) is 29.3 Å². The number of halogens is 1. The van der Waals surface area contributed by atoms with Crippen LogP contribution in [0.4, 0.5) is 10.5 Å². The Kier molecular flexibility index (Phi) is 5.45. The molecule has 1 aromatic carbocycles. The fourth-order valence-corrected chi connectivity index (χ4v) is 1.44.